The molecule has 5 heteroatoms. The van der Waals surface area contributed by atoms with Crippen molar-refractivity contribution in [3.8, 4) is 16.9 Å². The number of hydrogen-bond acceptors (Lipinski definition) is 2. The maximum absolute atomic E-state index is 11.3. The summed E-state index contributed by atoms with van der Waals surface area (Å²) >= 11 is 11.9. The van der Waals surface area contributed by atoms with Crippen molar-refractivity contribution in [1.29, 1.82) is 0 Å². The number of carboxylic acid groups (broad SMARTS) is 1. The first-order chi connectivity index (χ1) is 9.01. The zero-order chi connectivity index (χ0) is 14.0. The van der Waals surface area contributed by atoms with Gasteiger partial charge in [0.25, 0.3) is 0 Å². The highest BCUT2D eigenvalue weighted by atomic mass is 35.5. The summed E-state index contributed by atoms with van der Waals surface area (Å²) in [7, 11) is 1.48. The van der Waals surface area contributed by atoms with Crippen LogP contribution >= 0.6 is 23.2 Å². The fourth-order valence-electron chi connectivity index (χ4n) is 1.79. The van der Waals surface area contributed by atoms with E-state index in [1.165, 1.54) is 13.2 Å². The van der Waals surface area contributed by atoms with Crippen LogP contribution < -0.4 is 4.74 Å². The van der Waals surface area contributed by atoms with E-state index in [1.54, 1.807) is 30.3 Å². The molecule has 0 amide bonds. The zero-order valence-electron chi connectivity index (χ0n) is 9.98. The molecule has 0 radical (unpaired) electrons. The van der Waals surface area contributed by atoms with Gasteiger partial charge in [0.1, 0.15) is 5.75 Å². The van der Waals surface area contributed by atoms with E-state index < -0.39 is 5.97 Å². The predicted octanol–water partition coefficient (Wildman–Crippen LogP) is 4.37. The standard InChI is InChI=1S/C14H10Cl2O3/c1-19-11-2-3-12(13(7-11)14(17)18)8-4-9(15)6-10(16)5-8/h2-7H,1H3,(H,17,18). The second kappa shape index (κ2) is 5.51. The molecule has 0 fully saturated rings. The number of methoxy groups -OCH3 is 1. The summed E-state index contributed by atoms with van der Waals surface area (Å²) in [6, 6.07) is 9.76. The summed E-state index contributed by atoms with van der Waals surface area (Å²) in [6.07, 6.45) is 0. The average molecular weight is 297 g/mol. The van der Waals surface area contributed by atoms with Crippen molar-refractivity contribution in [2.45, 2.75) is 0 Å². The van der Waals surface area contributed by atoms with Crippen molar-refractivity contribution in [3.05, 3.63) is 52.0 Å². The lowest BCUT2D eigenvalue weighted by Gasteiger charge is -2.09. The van der Waals surface area contributed by atoms with Gasteiger partial charge in [0.2, 0.25) is 0 Å². The van der Waals surface area contributed by atoms with Crippen LogP contribution in [0.5, 0.6) is 5.75 Å². The summed E-state index contributed by atoms with van der Waals surface area (Å²) < 4.78 is 5.03. The molecule has 98 valence electrons. The maximum atomic E-state index is 11.3. The SMILES string of the molecule is COc1ccc(-c2cc(Cl)cc(Cl)c2)c(C(=O)O)c1. The van der Waals surface area contributed by atoms with Gasteiger partial charge in [-0.05, 0) is 47.5 Å². The van der Waals surface area contributed by atoms with Crippen molar-refractivity contribution in [2.75, 3.05) is 7.11 Å². The van der Waals surface area contributed by atoms with Crippen molar-refractivity contribution >= 4 is 29.2 Å². The van der Waals surface area contributed by atoms with Crippen molar-refractivity contribution in [1.82, 2.24) is 0 Å². The van der Waals surface area contributed by atoms with E-state index in [4.69, 9.17) is 27.9 Å². The number of hydrogen-bond donors (Lipinski definition) is 1. The van der Waals surface area contributed by atoms with Crippen molar-refractivity contribution < 1.29 is 14.6 Å². The summed E-state index contributed by atoms with van der Waals surface area (Å²) in [6.45, 7) is 0. The van der Waals surface area contributed by atoms with Crippen LogP contribution in [-0.2, 0) is 0 Å². The normalized spacial score (nSPS) is 10.3. The summed E-state index contributed by atoms with van der Waals surface area (Å²) in [5.41, 5.74) is 1.33. The van der Waals surface area contributed by atoms with Gasteiger partial charge in [-0.2, -0.15) is 0 Å². The second-order valence-corrected chi connectivity index (χ2v) is 4.75. The first kappa shape index (κ1) is 13.7. The van der Waals surface area contributed by atoms with E-state index >= 15 is 0 Å². The van der Waals surface area contributed by atoms with Crippen LogP contribution in [0.2, 0.25) is 10.0 Å². The Morgan fingerprint density at radius 2 is 1.74 bits per heavy atom. The number of rotatable bonds is 3. The van der Waals surface area contributed by atoms with Gasteiger partial charge in [-0.15, -0.1) is 0 Å². The Morgan fingerprint density at radius 1 is 1.11 bits per heavy atom. The lowest BCUT2D eigenvalue weighted by Crippen LogP contribution is -2.00. The van der Waals surface area contributed by atoms with E-state index in [0.29, 0.717) is 26.9 Å². The largest absolute Gasteiger partial charge is 0.497 e. The number of aromatic carboxylic acids is 1. The molecular weight excluding hydrogens is 287 g/mol. The quantitative estimate of drug-likeness (QED) is 0.915. The topological polar surface area (TPSA) is 46.5 Å². The Bertz CT molecular complexity index is 618. The third kappa shape index (κ3) is 3.00. The third-order valence-corrected chi connectivity index (χ3v) is 3.07. The molecule has 0 aliphatic rings. The van der Waals surface area contributed by atoms with Crippen LogP contribution in [0.1, 0.15) is 10.4 Å². The van der Waals surface area contributed by atoms with Crippen LogP contribution in [0, 0.1) is 0 Å². The first-order valence-corrected chi connectivity index (χ1v) is 6.14. The highest BCUT2D eigenvalue weighted by Crippen LogP contribution is 2.31. The molecule has 2 rings (SSSR count). The van der Waals surface area contributed by atoms with Crippen LogP contribution in [0.4, 0.5) is 0 Å². The van der Waals surface area contributed by atoms with E-state index in [9.17, 15) is 9.90 Å². The van der Waals surface area contributed by atoms with Gasteiger partial charge in [0.05, 0.1) is 12.7 Å². The first-order valence-electron chi connectivity index (χ1n) is 5.39. The summed E-state index contributed by atoms with van der Waals surface area (Å²) in [4.78, 5) is 11.3. The number of benzene rings is 2. The summed E-state index contributed by atoms with van der Waals surface area (Å²) in [5.74, 6) is -0.556. The molecule has 0 heterocycles. The van der Waals surface area contributed by atoms with Crippen molar-refractivity contribution in [2.24, 2.45) is 0 Å². The molecular formula is C14H10Cl2O3. The van der Waals surface area contributed by atoms with Crippen LogP contribution in [-0.4, -0.2) is 18.2 Å². The predicted molar refractivity (Wildman–Crippen MR) is 75.4 cm³/mol. The average Bonchev–Trinajstić information content (AvgIpc) is 2.36. The van der Waals surface area contributed by atoms with Crippen LogP contribution in [0.15, 0.2) is 36.4 Å². The monoisotopic (exact) mass is 296 g/mol. The van der Waals surface area contributed by atoms with Crippen LogP contribution in [0.3, 0.4) is 0 Å². The fraction of sp³-hybridized carbons (Fsp3) is 0.0714. The molecule has 1 N–H and O–H groups in total. The maximum Gasteiger partial charge on any atom is 0.336 e. The molecule has 0 aromatic heterocycles. The molecule has 0 atom stereocenters. The molecule has 0 saturated heterocycles. The van der Waals surface area contributed by atoms with E-state index in [0.717, 1.165) is 0 Å². The minimum atomic E-state index is -1.04. The second-order valence-electron chi connectivity index (χ2n) is 3.87. The van der Waals surface area contributed by atoms with Gasteiger partial charge in [0.15, 0.2) is 0 Å². The van der Waals surface area contributed by atoms with Crippen LogP contribution in [0.25, 0.3) is 11.1 Å². The van der Waals surface area contributed by atoms with Gasteiger partial charge < -0.3 is 9.84 Å². The van der Waals surface area contributed by atoms with Gasteiger partial charge in [-0.3, -0.25) is 0 Å². The molecule has 0 saturated carbocycles. The molecule has 2 aromatic carbocycles. The van der Waals surface area contributed by atoms with Gasteiger partial charge in [-0.25, -0.2) is 4.79 Å². The highest BCUT2D eigenvalue weighted by molar-refractivity contribution is 6.35. The highest BCUT2D eigenvalue weighted by Gasteiger charge is 2.14. The minimum absolute atomic E-state index is 0.137. The number of carboxylic acids is 1. The lowest BCUT2D eigenvalue weighted by atomic mass is 9.99. The number of ether oxygens (including phenoxy) is 1. The third-order valence-electron chi connectivity index (χ3n) is 2.63. The molecule has 0 spiro atoms. The Labute approximate surface area is 120 Å². The molecule has 0 unspecified atom stereocenters. The molecule has 3 nitrogen and oxygen atoms in total. The Balaban J connectivity index is 2.64. The van der Waals surface area contributed by atoms with E-state index in [2.05, 4.69) is 0 Å². The molecule has 0 aliphatic heterocycles. The van der Waals surface area contributed by atoms with Gasteiger partial charge >= 0.3 is 5.97 Å². The lowest BCUT2D eigenvalue weighted by molar-refractivity contribution is 0.0697. The number of carbonyl (C=O) groups is 1. The Kier molecular flexibility index (Phi) is 3.98. The fourth-order valence-corrected chi connectivity index (χ4v) is 2.31. The van der Waals surface area contributed by atoms with Gasteiger partial charge in [0, 0.05) is 10.0 Å². The minimum Gasteiger partial charge on any atom is -0.497 e. The molecule has 2 aromatic rings. The van der Waals surface area contributed by atoms with E-state index in [-0.39, 0.29) is 5.56 Å². The Morgan fingerprint density at radius 3 is 2.26 bits per heavy atom. The molecule has 0 bridgehead atoms. The van der Waals surface area contributed by atoms with E-state index in [1.807, 2.05) is 0 Å². The zero-order valence-corrected chi connectivity index (χ0v) is 11.5. The molecule has 19 heavy (non-hydrogen) atoms. The number of halogens is 2. The van der Waals surface area contributed by atoms with Gasteiger partial charge in [-0.1, -0.05) is 23.2 Å². The smallest absolute Gasteiger partial charge is 0.336 e. The van der Waals surface area contributed by atoms with Crippen molar-refractivity contribution in [3.63, 3.8) is 0 Å². The summed E-state index contributed by atoms with van der Waals surface area (Å²) in [5, 5.41) is 10.2. The molecule has 0 aliphatic carbocycles. The Hall–Kier alpha value is -1.71.